The average Bonchev–Trinajstić information content (AvgIpc) is 3.43. The number of hydrogen-bond donors (Lipinski definition) is 1. The zero-order valence-corrected chi connectivity index (χ0v) is 17.4. The number of thiazole rings is 1. The lowest BCUT2D eigenvalue weighted by Crippen LogP contribution is -2.64. The van der Waals surface area contributed by atoms with Gasteiger partial charge in [0.15, 0.2) is 5.13 Å². The second-order valence-corrected chi connectivity index (χ2v) is 9.52. The Bertz CT molecular complexity index is 899. The number of fused-ring (bicyclic) bond motifs is 1. The van der Waals surface area contributed by atoms with E-state index in [1.165, 1.54) is 30.6 Å². The van der Waals surface area contributed by atoms with Gasteiger partial charge in [-0.2, -0.15) is 0 Å². The van der Waals surface area contributed by atoms with E-state index in [9.17, 15) is 9.59 Å². The van der Waals surface area contributed by atoms with Gasteiger partial charge in [0.25, 0.3) is 5.91 Å². The Morgan fingerprint density at radius 2 is 1.86 bits per heavy atom. The van der Waals surface area contributed by atoms with Gasteiger partial charge in [0.05, 0.1) is 11.5 Å². The number of nitrogens with zero attached hydrogens (tertiary/aromatic N) is 2. The largest absolute Gasteiger partial charge is 0.329 e. The molecule has 0 saturated heterocycles. The first-order valence-electron chi connectivity index (χ1n) is 10.8. The lowest BCUT2D eigenvalue weighted by molar-refractivity contribution is -0.123. The highest BCUT2D eigenvalue weighted by atomic mass is 32.1. The van der Waals surface area contributed by atoms with E-state index in [1.807, 2.05) is 29.6 Å². The van der Waals surface area contributed by atoms with Crippen molar-refractivity contribution in [2.75, 3.05) is 5.32 Å². The quantitative estimate of drug-likeness (QED) is 0.779. The maximum atomic E-state index is 13.7. The van der Waals surface area contributed by atoms with Gasteiger partial charge in [-0.1, -0.05) is 50.3 Å². The molecule has 0 bridgehead atoms. The zero-order valence-electron chi connectivity index (χ0n) is 16.6. The summed E-state index contributed by atoms with van der Waals surface area (Å²) < 4.78 is 0. The van der Waals surface area contributed by atoms with E-state index in [0.29, 0.717) is 10.7 Å². The summed E-state index contributed by atoms with van der Waals surface area (Å²) in [6.45, 7) is 0. The van der Waals surface area contributed by atoms with Crippen molar-refractivity contribution in [3.8, 4) is 0 Å². The number of amides is 2. The van der Waals surface area contributed by atoms with Crippen molar-refractivity contribution in [2.45, 2.75) is 75.3 Å². The molecular formula is C23H27N3O2S. The van der Waals surface area contributed by atoms with Gasteiger partial charge in [0.1, 0.15) is 0 Å². The summed E-state index contributed by atoms with van der Waals surface area (Å²) in [7, 11) is 0. The van der Waals surface area contributed by atoms with Crippen LogP contribution in [-0.4, -0.2) is 33.3 Å². The number of hydrogen-bond acceptors (Lipinski definition) is 4. The Morgan fingerprint density at radius 1 is 1.10 bits per heavy atom. The SMILES string of the molecule is O=C(Nc1nccs1)C1c2ccccc2C(=O)N(C2CCCC2)C12CCCCC2. The van der Waals surface area contributed by atoms with Crippen molar-refractivity contribution >= 4 is 28.3 Å². The number of benzene rings is 1. The van der Waals surface area contributed by atoms with Crippen LogP contribution in [0.4, 0.5) is 5.13 Å². The summed E-state index contributed by atoms with van der Waals surface area (Å²) in [6.07, 6.45) is 11.3. The van der Waals surface area contributed by atoms with E-state index >= 15 is 0 Å². The fourth-order valence-electron chi connectivity index (χ4n) is 5.94. The van der Waals surface area contributed by atoms with E-state index < -0.39 is 5.54 Å². The van der Waals surface area contributed by atoms with Crippen LogP contribution in [0.25, 0.3) is 0 Å². The van der Waals surface area contributed by atoms with Crippen LogP contribution in [0.3, 0.4) is 0 Å². The normalized spacial score (nSPS) is 23.9. The molecule has 2 amide bonds. The molecule has 0 radical (unpaired) electrons. The van der Waals surface area contributed by atoms with Gasteiger partial charge in [-0.25, -0.2) is 4.98 Å². The highest BCUT2D eigenvalue weighted by molar-refractivity contribution is 7.13. The molecule has 1 aliphatic heterocycles. The second-order valence-electron chi connectivity index (χ2n) is 8.62. The van der Waals surface area contributed by atoms with E-state index in [2.05, 4.69) is 15.2 Å². The summed E-state index contributed by atoms with van der Waals surface area (Å²) >= 11 is 1.43. The Kier molecular flexibility index (Phi) is 4.90. The van der Waals surface area contributed by atoms with Crippen LogP contribution in [0.15, 0.2) is 35.8 Å². The van der Waals surface area contributed by atoms with Crippen molar-refractivity contribution < 1.29 is 9.59 Å². The molecule has 1 spiro atoms. The molecule has 5 rings (SSSR count). The van der Waals surface area contributed by atoms with Crippen LogP contribution >= 0.6 is 11.3 Å². The van der Waals surface area contributed by atoms with Crippen LogP contribution in [0, 0.1) is 0 Å². The smallest absolute Gasteiger partial charge is 0.254 e. The van der Waals surface area contributed by atoms with Gasteiger partial charge >= 0.3 is 0 Å². The van der Waals surface area contributed by atoms with Gasteiger partial charge in [0.2, 0.25) is 5.91 Å². The van der Waals surface area contributed by atoms with Crippen molar-refractivity contribution in [1.82, 2.24) is 9.88 Å². The molecule has 2 fully saturated rings. The molecule has 5 nitrogen and oxygen atoms in total. The summed E-state index contributed by atoms with van der Waals surface area (Å²) in [5.41, 5.74) is 1.18. The van der Waals surface area contributed by atoms with Gasteiger partial charge in [-0.05, 0) is 37.3 Å². The highest BCUT2D eigenvalue weighted by Crippen LogP contribution is 2.51. The predicted octanol–water partition coefficient (Wildman–Crippen LogP) is 4.97. The summed E-state index contributed by atoms with van der Waals surface area (Å²) in [5, 5.41) is 5.56. The molecule has 1 atom stereocenters. The number of rotatable bonds is 3. The number of carbonyl (C=O) groups is 2. The minimum absolute atomic E-state index is 0.0233. The van der Waals surface area contributed by atoms with Crippen molar-refractivity contribution in [3.05, 3.63) is 47.0 Å². The molecule has 2 aliphatic carbocycles. The van der Waals surface area contributed by atoms with Crippen molar-refractivity contribution in [2.24, 2.45) is 0 Å². The minimum Gasteiger partial charge on any atom is -0.329 e. The summed E-state index contributed by atoms with van der Waals surface area (Å²) in [5.74, 6) is -0.237. The molecule has 6 heteroatoms. The number of nitrogens with one attached hydrogen (secondary N) is 1. The standard InChI is InChI=1S/C23H27N3O2S/c27-20(25-22-24-14-15-29-22)19-17-10-4-5-11-18(17)21(28)26(16-8-2-3-9-16)23(19)12-6-1-7-13-23/h4-5,10-11,14-16,19H,1-3,6-9,12-13H2,(H,24,25,27). The topological polar surface area (TPSA) is 62.3 Å². The first kappa shape index (κ1) is 18.8. The lowest BCUT2D eigenvalue weighted by Gasteiger charge is -2.55. The summed E-state index contributed by atoms with van der Waals surface area (Å²) in [6, 6.07) is 8.01. The Balaban J connectivity index is 1.64. The number of aromatic nitrogens is 1. The molecule has 1 aromatic carbocycles. The van der Waals surface area contributed by atoms with Crippen LogP contribution in [0.1, 0.15) is 79.6 Å². The van der Waals surface area contributed by atoms with E-state index in [0.717, 1.165) is 44.1 Å². The molecule has 29 heavy (non-hydrogen) atoms. The third-order valence-electron chi connectivity index (χ3n) is 7.07. The highest BCUT2D eigenvalue weighted by Gasteiger charge is 2.56. The van der Waals surface area contributed by atoms with Gasteiger partial charge in [0, 0.05) is 23.2 Å². The Hall–Kier alpha value is -2.21. The zero-order chi connectivity index (χ0) is 19.8. The lowest BCUT2D eigenvalue weighted by atomic mass is 9.64. The van der Waals surface area contributed by atoms with Crippen molar-refractivity contribution in [1.29, 1.82) is 0 Å². The van der Waals surface area contributed by atoms with E-state index in [1.54, 1.807) is 6.20 Å². The molecule has 1 unspecified atom stereocenters. The van der Waals surface area contributed by atoms with Gasteiger partial charge < -0.3 is 10.2 Å². The van der Waals surface area contributed by atoms with Crippen LogP contribution in [-0.2, 0) is 4.79 Å². The first-order chi connectivity index (χ1) is 14.2. The molecule has 152 valence electrons. The predicted molar refractivity (Wildman–Crippen MR) is 114 cm³/mol. The number of carbonyl (C=O) groups excluding carboxylic acids is 2. The van der Waals surface area contributed by atoms with Crippen LogP contribution in [0.2, 0.25) is 0 Å². The fraction of sp³-hybridized carbons (Fsp3) is 0.522. The third kappa shape index (κ3) is 3.08. The number of anilines is 1. The maximum absolute atomic E-state index is 13.7. The first-order valence-corrected chi connectivity index (χ1v) is 11.7. The summed E-state index contributed by atoms with van der Waals surface area (Å²) in [4.78, 5) is 33.9. The Morgan fingerprint density at radius 3 is 2.59 bits per heavy atom. The fourth-order valence-corrected chi connectivity index (χ4v) is 6.47. The molecule has 2 heterocycles. The average molecular weight is 410 g/mol. The monoisotopic (exact) mass is 409 g/mol. The molecule has 2 aromatic rings. The second kappa shape index (κ2) is 7.56. The molecule has 3 aliphatic rings. The molecule has 1 N–H and O–H groups in total. The molecule has 1 aromatic heterocycles. The van der Waals surface area contributed by atoms with E-state index in [4.69, 9.17) is 0 Å². The molecule has 2 saturated carbocycles. The Labute approximate surface area is 175 Å². The van der Waals surface area contributed by atoms with Crippen molar-refractivity contribution in [3.63, 3.8) is 0 Å². The maximum Gasteiger partial charge on any atom is 0.254 e. The van der Waals surface area contributed by atoms with Gasteiger partial charge in [-0.15, -0.1) is 11.3 Å². The molecular weight excluding hydrogens is 382 g/mol. The van der Waals surface area contributed by atoms with Gasteiger partial charge in [-0.3, -0.25) is 9.59 Å². The minimum atomic E-state index is -0.417. The van der Waals surface area contributed by atoms with E-state index in [-0.39, 0.29) is 23.8 Å². The third-order valence-corrected chi connectivity index (χ3v) is 7.76. The van der Waals surface area contributed by atoms with Crippen LogP contribution in [0.5, 0.6) is 0 Å². The van der Waals surface area contributed by atoms with Crippen LogP contribution < -0.4 is 5.32 Å².